The number of para-hydroxylation sites is 1. The largest absolute Gasteiger partial charge is 0.340 e. The minimum absolute atomic E-state index is 0.173. The third kappa shape index (κ3) is 2.88. The lowest BCUT2D eigenvalue weighted by atomic mass is 10.3. The van der Waals surface area contributed by atoms with Crippen LogP contribution < -0.4 is 10.5 Å². The molecule has 0 spiro atoms. The number of H-pyrrole nitrogens is 1. The minimum atomic E-state index is -0.173. The van der Waals surface area contributed by atoms with Crippen molar-refractivity contribution in [1.82, 2.24) is 24.6 Å². The summed E-state index contributed by atoms with van der Waals surface area (Å²) in [4.78, 5) is 24.3. The first kappa shape index (κ1) is 15.4. The monoisotopic (exact) mass is 334 g/mol. The van der Waals surface area contributed by atoms with Gasteiger partial charge in [-0.25, -0.2) is 4.68 Å². The Hall–Kier alpha value is -3.11. The van der Waals surface area contributed by atoms with Gasteiger partial charge in [-0.2, -0.15) is 10.1 Å². The van der Waals surface area contributed by atoms with E-state index >= 15 is 0 Å². The van der Waals surface area contributed by atoms with Crippen molar-refractivity contribution in [3.8, 4) is 18.0 Å². The highest BCUT2D eigenvalue weighted by molar-refractivity contribution is 5.76. The van der Waals surface area contributed by atoms with E-state index < -0.39 is 0 Å². The predicted octanol–water partition coefficient (Wildman–Crippen LogP) is 0.864. The fourth-order valence-electron chi connectivity index (χ4n) is 3.06. The predicted molar refractivity (Wildman–Crippen MR) is 97.0 cm³/mol. The fourth-order valence-corrected chi connectivity index (χ4v) is 3.06. The van der Waals surface area contributed by atoms with Crippen molar-refractivity contribution in [3.63, 3.8) is 0 Å². The van der Waals surface area contributed by atoms with Gasteiger partial charge in [0, 0.05) is 26.2 Å². The maximum Gasteiger partial charge on any atom is 0.263 e. The van der Waals surface area contributed by atoms with Crippen LogP contribution in [0.1, 0.15) is 0 Å². The van der Waals surface area contributed by atoms with Crippen LogP contribution in [0.3, 0.4) is 0 Å². The second-order valence-corrected chi connectivity index (χ2v) is 5.99. The molecule has 1 aliphatic heterocycles. The third-order valence-corrected chi connectivity index (χ3v) is 4.41. The number of benzene rings is 1. The van der Waals surface area contributed by atoms with Crippen LogP contribution in [0.25, 0.3) is 16.7 Å². The molecular weight excluding hydrogens is 316 g/mol. The first-order chi connectivity index (χ1) is 12.3. The summed E-state index contributed by atoms with van der Waals surface area (Å²) in [6, 6.07) is 9.68. The van der Waals surface area contributed by atoms with E-state index in [9.17, 15) is 4.79 Å². The van der Waals surface area contributed by atoms with Gasteiger partial charge in [-0.15, -0.1) is 6.42 Å². The molecule has 1 aliphatic rings. The summed E-state index contributed by atoms with van der Waals surface area (Å²) in [6.07, 6.45) is 6.93. The number of piperazine rings is 1. The summed E-state index contributed by atoms with van der Waals surface area (Å²) in [5, 5.41) is 4.82. The number of rotatable bonds is 3. The Morgan fingerprint density at radius 1 is 1.16 bits per heavy atom. The van der Waals surface area contributed by atoms with Gasteiger partial charge in [0.05, 0.1) is 18.4 Å². The summed E-state index contributed by atoms with van der Waals surface area (Å²) in [5.74, 6) is 3.25. The van der Waals surface area contributed by atoms with Gasteiger partial charge >= 0.3 is 0 Å². The second kappa shape index (κ2) is 6.42. The molecule has 3 aromatic rings. The van der Waals surface area contributed by atoms with E-state index in [2.05, 4.69) is 30.8 Å². The topological polar surface area (TPSA) is 70.1 Å². The lowest BCUT2D eigenvalue weighted by molar-refractivity contribution is 0.286. The molecule has 7 nitrogen and oxygen atoms in total. The highest BCUT2D eigenvalue weighted by atomic mass is 16.1. The van der Waals surface area contributed by atoms with Crippen molar-refractivity contribution < 1.29 is 0 Å². The van der Waals surface area contributed by atoms with Crippen LogP contribution in [0, 0.1) is 12.3 Å². The Balaban J connectivity index is 1.70. The van der Waals surface area contributed by atoms with E-state index in [0.717, 1.165) is 31.9 Å². The number of nitrogens with zero attached hydrogens (tertiary/aromatic N) is 5. The summed E-state index contributed by atoms with van der Waals surface area (Å²) in [5.41, 5.74) is 1.27. The zero-order valence-electron chi connectivity index (χ0n) is 13.7. The molecule has 0 radical (unpaired) electrons. The average Bonchev–Trinajstić information content (AvgIpc) is 3.08. The minimum Gasteiger partial charge on any atom is -0.340 e. The van der Waals surface area contributed by atoms with Gasteiger partial charge in [0.2, 0.25) is 5.95 Å². The van der Waals surface area contributed by atoms with Crippen molar-refractivity contribution in [3.05, 3.63) is 46.9 Å². The number of nitrogens with one attached hydrogen (secondary N) is 1. The van der Waals surface area contributed by atoms with Crippen LogP contribution in [-0.4, -0.2) is 57.4 Å². The maximum absolute atomic E-state index is 12.4. The first-order valence-electron chi connectivity index (χ1n) is 8.20. The van der Waals surface area contributed by atoms with E-state index in [1.807, 2.05) is 30.3 Å². The zero-order chi connectivity index (χ0) is 17.2. The lowest BCUT2D eigenvalue weighted by Crippen LogP contribution is -2.47. The van der Waals surface area contributed by atoms with Crippen LogP contribution >= 0.6 is 0 Å². The number of fused-ring (bicyclic) bond motifs is 1. The Morgan fingerprint density at radius 3 is 2.64 bits per heavy atom. The highest BCUT2D eigenvalue weighted by Crippen LogP contribution is 2.17. The number of hydrogen-bond acceptors (Lipinski definition) is 5. The quantitative estimate of drug-likeness (QED) is 0.720. The van der Waals surface area contributed by atoms with E-state index in [0.29, 0.717) is 23.5 Å². The molecule has 0 atom stereocenters. The molecule has 1 N–H and O–H groups in total. The van der Waals surface area contributed by atoms with Gasteiger partial charge in [0.1, 0.15) is 5.39 Å². The van der Waals surface area contributed by atoms with Gasteiger partial charge in [0.15, 0.2) is 5.65 Å². The highest BCUT2D eigenvalue weighted by Gasteiger charge is 2.20. The summed E-state index contributed by atoms with van der Waals surface area (Å²) in [6.45, 7) is 3.90. The smallest absolute Gasteiger partial charge is 0.263 e. The molecule has 0 amide bonds. The van der Waals surface area contributed by atoms with Crippen LogP contribution in [0.2, 0.25) is 0 Å². The number of anilines is 1. The molecule has 1 aromatic carbocycles. The molecule has 3 heterocycles. The van der Waals surface area contributed by atoms with E-state index in [-0.39, 0.29) is 5.56 Å². The number of aromatic nitrogens is 4. The molecule has 0 aliphatic carbocycles. The molecular formula is C18H18N6O. The lowest BCUT2D eigenvalue weighted by Gasteiger charge is -2.33. The van der Waals surface area contributed by atoms with E-state index in [4.69, 9.17) is 6.42 Å². The SMILES string of the molecule is C#CCN1CCN(c2nc3c(cnn3-c3ccccc3)c(=O)[nH]2)CC1. The molecule has 126 valence electrons. The number of terminal acetylenes is 1. The molecule has 1 saturated heterocycles. The van der Waals surface area contributed by atoms with E-state index in [1.165, 1.54) is 0 Å². The molecule has 4 rings (SSSR count). The molecule has 1 fully saturated rings. The summed E-state index contributed by atoms with van der Waals surface area (Å²) >= 11 is 0. The van der Waals surface area contributed by atoms with Crippen molar-refractivity contribution in [2.45, 2.75) is 0 Å². The van der Waals surface area contributed by atoms with Crippen molar-refractivity contribution in [1.29, 1.82) is 0 Å². The van der Waals surface area contributed by atoms with Gasteiger partial charge < -0.3 is 4.90 Å². The molecule has 0 bridgehead atoms. The Kier molecular flexibility index (Phi) is 3.96. The van der Waals surface area contributed by atoms with Crippen LogP contribution in [0.15, 0.2) is 41.3 Å². The summed E-state index contributed by atoms with van der Waals surface area (Å²) in [7, 11) is 0. The van der Waals surface area contributed by atoms with Gasteiger partial charge in [-0.3, -0.25) is 14.7 Å². The molecule has 0 unspecified atom stereocenters. The van der Waals surface area contributed by atoms with E-state index in [1.54, 1.807) is 10.9 Å². The standard InChI is InChI=1S/C18H18N6O/c1-2-8-22-9-11-23(12-10-22)18-20-16-15(17(25)21-18)13-19-24(16)14-6-4-3-5-7-14/h1,3-7,13H,8-12H2,(H,20,21,25). The van der Waals surface area contributed by atoms with Crippen molar-refractivity contribution in [2.24, 2.45) is 0 Å². The number of aromatic amines is 1. The molecule has 25 heavy (non-hydrogen) atoms. The Labute approximate surface area is 144 Å². The Morgan fingerprint density at radius 2 is 1.92 bits per heavy atom. The fraction of sp³-hybridized carbons (Fsp3) is 0.278. The van der Waals surface area contributed by atoms with Crippen LogP contribution in [0.4, 0.5) is 5.95 Å². The summed E-state index contributed by atoms with van der Waals surface area (Å²) < 4.78 is 1.70. The second-order valence-electron chi connectivity index (χ2n) is 5.99. The van der Waals surface area contributed by atoms with Crippen LogP contribution in [-0.2, 0) is 0 Å². The molecule has 7 heteroatoms. The molecule has 2 aromatic heterocycles. The van der Waals surface area contributed by atoms with Crippen molar-refractivity contribution >= 4 is 17.0 Å². The molecule has 0 saturated carbocycles. The third-order valence-electron chi connectivity index (χ3n) is 4.41. The van der Waals surface area contributed by atoms with Crippen molar-refractivity contribution in [2.75, 3.05) is 37.6 Å². The number of hydrogen-bond donors (Lipinski definition) is 1. The average molecular weight is 334 g/mol. The van der Waals surface area contributed by atoms with Gasteiger partial charge in [0.25, 0.3) is 5.56 Å². The zero-order valence-corrected chi connectivity index (χ0v) is 13.7. The Bertz CT molecular complexity index is 976. The maximum atomic E-state index is 12.4. The van der Waals surface area contributed by atoms with Gasteiger partial charge in [-0.05, 0) is 12.1 Å². The first-order valence-corrected chi connectivity index (χ1v) is 8.20. The normalized spacial score (nSPS) is 15.4. The van der Waals surface area contributed by atoms with Crippen LogP contribution in [0.5, 0.6) is 0 Å². The van der Waals surface area contributed by atoms with Gasteiger partial charge in [-0.1, -0.05) is 24.1 Å².